The first-order chi connectivity index (χ1) is 13.4. The maximum Gasteiger partial charge on any atom is 0.272 e. The van der Waals surface area contributed by atoms with E-state index in [1.165, 1.54) is 4.90 Å². The van der Waals surface area contributed by atoms with Gasteiger partial charge in [-0.3, -0.25) is 9.78 Å². The van der Waals surface area contributed by atoms with Gasteiger partial charge >= 0.3 is 0 Å². The third-order valence-electron chi connectivity index (χ3n) is 4.87. The maximum atomic E-state index is 13.0. The van der Waals surface area contributed by atoms with Crippen molar-refractivity contribution >= 4 is 39.4 Å². The zero-order valence-corrected chi connectivity index (χ0v) is 16.9. The van der Waals surface area contributed by atoms with Crippen LogP contribution in [0.3, 0.4) is 0 Å². The zero-order valence-electron chi connectivity index (χ0n) is 16.2. The summed E-state index contributed by atoms with van der Waals surface area (Å²) >= 11 is 6.20. The van der Waals surface area contributed by atoms with Gasteiger partial charge in [0.15, 0.2) is 5.82 Å². The number of hydrogen-bond acceptors (Lipinski definition) is 4. The minimum absolute atomic E-state index is 0.171. The normalized spacial score (nSPS) is 11.3. The lowest BCUT2D eigenvalue weighted by molar-refractivity contribution is 0.0824. The predicted octanol–water partition coefficient (Wildman–Crippen LogP) is 4.10. The van der Waals surface area contributed by atoms with Gasteiger partial charge in [-0.25, -0.2) is 9.97 Å². The molecular weight excluding hydrogens is 374 g/mol. The molecule has 7 heteroatoms. The highest BCUT2D eigenvalue weighted by molar-refractivity contribution is 6.31. The van der Waals surface area contributed by atoms with Gasteiger partial charge in [-0.15, -0.1) is 0 Å². The highest BCUT2D eigenvalue weighted by Crippen LogP contribution is 2.33. The lowest BCUT2D eigenvalue weighted by Gasteiger charge is -2.12. The van der Waals surface area contributed by atoms with Crippen LogP contribution in [0.15, 0.2) is 36.7 Å². The van der Waals surface area contributed by atoms with E-state index in [9.17, 15) is 4.79 Å². The van der Waals surface area contributed by atoms with Crippen LogP contribution in [-0.2, 0) is 13.5 Å². The number of rotatable bonds is 3. The van der Waals surface area contributed by atoms with Gasteiger partial charge in [-0.05, 0) is 30.2 Å². The molecule has 0 atom stereocenters. The summed E-state index contributed by atoms with van der Waals surface area (Å²) in [5.41, 5.74) is 3.85. The molecule has 4 aromatic rings. The average molecular weight is 394 g/mol. The molecule has 3 heterocycles. The molecule has 0 aliphatic rings. The number of aromatic nitrogens is 4. The third-order valence-corrected chi connectivity index (χ3v) is 5.10. The van der Waals surface area contributed by atoms with E-state index in [2.05, 4.69) is 16.9 Å². The molecule has 0 unspecified atom stereocenters. The van der Waals surface area contributed by atoms with Crippen LogP contribution in [0.25, 0.3) is 33.3 Å². The lowest BCUT2D eigenvalue weighted by atomic mass is 10.1. The van der Waals surface area contributed by atoms with Crippen molar-refractivity contribution in [3.63, 3.8) is 0 Å². The second-order valence-electron chi connectivity index (χ2n) is 6.95. The highest BCUT2D eigenvalue weighted by Gasteiger charge is 2.23. The van der Waals surface area contributed by atoms with Crippen molar-refractivity contribution in [2.45, 2.75) is 13.3 Å². The summed E-state index contributed by atoms with van der Waals surface area (Å²) in [7, 11) is 5.36. The Morgan fingerprint density at radius 2 is 1.96 bits per heavy atom. The fraction of sp³-hybridized carbons (Fsp3) is 0.238. The van der Waals surface area contributed by atoms with Crippen molar-refractivity contribution in [2.24, 2.45) is 7.05 Å². The Hall–Kier alpha value is -2.99. The molecule has 0 aliphatic heterocycles. The Bertz CT molecular complexity index is 1230. The molecule has 0 radical (unpaired) electrons. The molecule has 0 saturated heterocycles. The molecule has 3 aromatic heterocycles. The molecule has 6 nitrogen and oxygen atoms in total. The Kier molecular flexibility index (Phi) is 4.51. The largest absolute Gasteiger partial charge is 0.343 e. The van der Waals surface area contributed by atoms with E-state index in [4.69, 9.17) is 16.6 Å². The van der Waals surface area contributed by atoms with Gasteiger partial charge in [0, 0.05) is 49.5 Å². The van der Waals surface area contributed by atoms with E-state index in [0.717, 1.165) is 33.8 Å². The predicted molar refractivity (Wildman–Crippen MR) is 112 cm³/mol. The number of nitrogens with zero attached hydrogens (tertiary/aromatic N) is 5. The van der Waals surface area contributed by atoms with Gasteiger partial charge in [-0.1, -0.05) is 24.6 Å². The number of hydrogen-bond donors (Lipinski definition) is 0. The second kappa shape index (κ2) is 6.87. The van der Waals surface area contributed by atoms with Crippen LogP contribution in [0.5, 0.6) is 0 Å². The van der Waals surface area contributed by atoms with Gasteiger partial charge in [0.25, 0.3) is 5.91 Å². The van der Waals surface area contributed by atoms with Crippen molar-refractivity contribution < 1.29 is 4.79 Å². The summed E-state index contributed by atoms with van der Waals surface area (Å²) in [5, 5.41) is 2.27. The molecule has 0 spiro atoms. The number of carbonyl (C=O) groups excluding carboxylic acids is 1. The SMILES string of the molecule is CCc1cncc(-c2nc(C(=O)N(C)C)c3c4ccc(Cl)cc4n(C)c3n2)c1. The fourth-order valence-electron chi connectivity index (χ4n) is 3.35. The van der Waals surface area contributed by atoms with Crippen molar-refractivity contribution in [2.75, 3.05) is 14.1 Å². The van der Waals surface area contributed by atoms with E-state index in [0.29, 0.717) is 22.2 Å². The van der Waals surface area contributed by atoms with Crippen LogP contribution >= 0.6 is 11.6 Å². The third kappa shape index (κ3) is 2.90. The minimum Gasteiger partial charge on any atom is -0.343 e. The van der Waals surface area contributed by atoms with Crippen LogP contribution in [0.4, 0.5) is 0 Å². The minimum atomic E-state index is -0.171. The molecule has 0 aliphatic carbocycles. The summed E-state index contributed by atoms with van der Waals surface area (Å²) in [6.07, 6.45) is 4.41. The number of amides is 1. The summed E-state index contributed by atoms with van der Waals surface area (Å²) in [5.74, 6) is 0.313. The first-order valence-corrected chi connectivity index (χ1v) is 9.40. The summed E-state index contributed by atoms with van der Waals surface area (Å²) in [6.45, 7) is 2.07. The summed E-state index contributed by atoms with van der Waals surface area (Å²) < 4.78 is 1.95. The topological polar surface area (TPSA) is 63.9 Å². The monoisotopic (exact) mass is 393 g/mol. The Morgan fingerprint density at radius 1 is 1.18 bits per heavy atom. The van der Waals surface area contributed by atoms with Gasteiger partial charge in [0.1, 0.15) is 11.3 Å². The molecular formula is C21H20ClN5O. The zero-order chi connectivity index (χ0) is 20.0. The van der Waals surface area contributed by atoms with E-state index in [1.54, 1.807) is 20.3 Å². The number of aryl methyl sites for hydroxylation is 2. The Morgan fingerprint density at radius 3 is 2.68 bits per heavy atom. The van der Waals surface area contributed by atoms with Crippen LogP contribution in [0.1, 0.15) is 23.0 Å². The van der Waals surface area contributed by atoms with E-state index >= 15 is 0 Å². The quantitative estimate of drug-likeness (QED) is 0.525. The van der Waals surface area contributed by atoms with Crippen LogP contribution in [-0.4, -0.2) is 44.4 Å². The van der Waals surface area contributed by atoms with Crippen molar-refractivity contribution in [1.29, 1.82) is 0 Å². The van der Waals surface area contributed by atoms with Crippen molar-refractivity contribution in [3.05, 3.63) is 52.9 Å². The molecule has 28 heavy (non-hydrogen) atoms. The summed E-state index contributed by atoms with van der Waals surface area (Å²) in [4.78, 5) is 28.2. The first kappa shape index (κ1) is 18.4. The highest BCUT2D eigenvalue weighted by atomic mass is 35.5. The molecule has 0 saturated carbocycles. The molecule has 4 rings (SSSR count). The van der Waals surface area contributed by atoms with Crippen LogP contribution < -0.4 is 0 Å². The van der Waals surface area contributed by atoms with Gasteiger partial charge in [0.2, 0.25) is 0 Å². The van der Waals surface area contributed by atoms with Crippen molar-refractivity contribution in [1.82, 2.24) is 24.4 Å². The smallest absolute Gasteiger partial charge is 0.272 e. The Labute approximate surface area is 167 Å². The van der Waals surface area contributed by atoms with E-state index in [1.807, 2.05) is 42.1 Å². The maximum absolute atomic E-state index is 13.0. The lowest BCUT2D eigenvalue weighted by Crippen LogP contribution is -2.23. The molecule has 0 N–H and O–H groups in total. The van der Waals surface area contributed by atoms with E-state index < -0.39 is 0 Å². The second-order valence-corrected chi connectivity index (χ2v) is 7.39. The van der Waals surface area contributed by atoms with Crippen LogP contribution in [0.2, 0.25) is 5.02 Å². The molecule has 1 aromatic carbocycles. The number of pyridine rings is 1. The molecule has 1 amide bonds. The van der Waals surface area contributed by atoms with Gasteiger partial charge in [-0.2, -0.15) is 0 Å². The molecule has 0 fully saturated rings. The van der Waals surface area contributed by atoms with Crippen LogP contribution in [0, 0.1) is 0 Å². The van der Waals surface area contributed by atoms with E-state index in [-0.39, 0.29) is 5.91 Å². The van der Waals surface area contributed by atoms with Gasteiger partial charge in [0.05, 0.1) is 10.9 Å². The number of halogens is 1. The fourth-order valence-corrected chi connectivity index (χ4v) is 3.51. The standard InChI is InChI=1S/C21H20ClN5O/c1-5-12-8-13(11-23-10-12)19-24-18(21(28)26(2)3)17-15-7-6-14(22)9-16(15)27(4)20(17)25-19/h6-11H,5H2,1-4H3. The first-order valence-electron chi connectivity index (χ1n) is 9.02. The van der Waals surface area contributed by atoms with Gasteiger partial charge < -0.3 is 9.47 Å². The van der Waals surface area contributed by atoms with Crippen molar-refractivity contribution in [3.8, 4) is 11.4 Å². The Balaban J connectivity index is 2.10. The average Bonchev–Trinajstić information content (AvgIpc) is 2.98. The number of carbonyl (C=O) groups is 1. The number of fused-ring (bicyclic) bond motifs is 3. The summed E-state index contributed by atoms with van der Waals surface area (Å²) in [6, 6.07) is 7.61. The number of benzene rings is 1. The molecule has 142 valence electrons. The molecule has 0 bridgehead atoms.